The molecule has 32 heavy (non-hydrogen) atoms. The highest BCUT2D eigenvalue weighted by Gasteiger charge is 2.44. The van der Waals surface area contributed by atoms with E-state index >= 15 is 0 Å². The van der Waals surface area contributed by atoms with Gasteiger partial charge in [0.1, 0.15) is 17.6 Å². The zero-order valence-corrected chi connectivity index (χ0v) is 22.0. The molecule has 0 saturated heterocycles. The normalized spacial score (nSPS) is 11.6. The van der Waals surface area contributed by atoms with Crippen LogP contribution in [0.1, 0.15) is 44.4 Å². The average Bonchev–Trinajstić information content (AvgIpc) is 2.76. The van der Waals surface area contributed by atoms with E-state index in [1.165, 1.54) is 13.2 Å². The first-order chi connectivity index (χ1) is 15.1. The number of esters is 1. The van der Waals surface area contributed by atoms with Crippen molar-refractivity contribution < 1.29 is 18.7 Å². The zero-order chi connectivity index (χ0) is 23.9. The lowest BCUT2D eigenvalue weighted by Gasteiger charge is -2.39. The van der Waals surface area contributed by atoms with Crippen molar-refractivity contribution in [1.82, 2.24) is 0 Å². The Morgan fingerprint density at radius 1 is 1.12 bits per heavy atom. The minimum atomic E-state index is -2.43. The largest absolute Gasteiger partial charge is 0.542 e. The fourth-order valence-corrected chi connectivity index (χ4v) is 8.47. The van der Waals surface area contributed by atoms with E-state index in [-0.39, 0.29) is 0 Å². The predicted molar refractivity (Wildman–Crippen MR) is 133 cm³/mol. The molecule has 0 spiro atoms. The summed E-state index contributed by atoms with van der Waals surface area (Å²) in [4.78, 5) is 11.5. The molecule has 2 aromatic carbocycles. The summed E-state index contributed by atoms with van der Waals surface area (Å²) in [5.41, 5.74) is 3.08. The Labute approximate surface area is 200 Å². The van der Waals surface area contributed by atoms with E-state index in [1.54, 1.807) is 19.3 Å². The van der Waals surface area contributed by atoms with Crippen molar-refractivity contribution in [2.75, 3.05) is 14.2 Å². The summed E-state index contributed by atoms with van der Waals surface area (Å²) >= 11 is 3.59. The molecule has 0 aliphatic rings. The van der Waals surface area contributed by atoms with Crippen molar-refractivity contribution in [3.63, 3.8) is 0 Å². The Kier molecular flexibility index (Phi) is 9.11. The molecule has 0 amide bonds. The number of halogens is 1. The SMILES string of the molecule is COC(=O)/C=C/c1cc(Br)cc(C[Si](Oc2ccc(OC)cc2C#N)(C(C)C)C(C)C)c1. The number of hydrogen-bond donors (Lipinski definition) is 0. The standard InChI is InChI=1S/C25H30BrNO4Si/c1-17(2)32(18(3)4,31-24-9-8-23(29-5)14-21(24)15-27)16-20-11-19(12-22(26)13-20)7-10-25(28)30-6/h7-14,17-18H,16H2,1-6H3/b10-7+. The molecule has 0 saturated carbocycles. The summed E-state index contributed by atoms with van der Waals surface area (Å²) in [6.07, 6.45) is 3.15. The van der Waals surface area contributed by atoms with Crippen LogP contribution < -0.4 is 9.16 Å². The third-order valence-electron chi connectivity index (χ3n) is 5.64. The molecular weight excluding hydrogens is 486 g/mol. The molecule has 5 nitrogen and oxygen atoms in total. The Hall–Kier alpha value is -2.56. The van der Waals surface area contributed by atoms with Gasteiger partial charge in [0.15, 0.2) is 0 Å². The second-order valence-corrected chi connectivity index (χ2v) is 14.0. The summed E-state index contributed by atoms with van der Waals surface area (Å²) in [5, 5.41) is 9.68. The number of nitriles is 1. The van der Waals surface area contributed by atoms with E-state index in [9.17, 15) is 10.1 Å². The monoisotopic (exact) mass is 515 g/mol. The van der Waals surface area contributed by atoms with Gasteiger partial charge in [-0.15, -0.1) is 0 Å². The van der Waals surface area contributed by atoms with Crippen molar-refractivity contribution in [1.29, 1.82) is 5.26 Å². The summed E-state index contributed by atoms with van der Waals surface area (Å²) in [5.74, 6) is 0.832. The van der Waals surface area contributed by atoms with Gasteiger partial charge in [0, 0.05) is 22.7 Å². The van der Waals surface area contributed by atoms with Crippen LogP contribution in [0, 0.1) is 11.3 Å². The molecule has 0 heterocycles. The van der Waals surface area contributed by atoms with Crippen LogP contribution in [-0.2, 0) is 15.6 Å². The molecule has 0 aliphatic heterocycles. The second kappa shape index (κ2) is 11.3. The molecule has 0 aliphatic carbocycles. The molecule has 2 rings (SSSR count). The van der Waals surface area contributed by atoms with Crippen molar-refractivity contribution >= 4 is 36.3 Å². The topological polar surface area (TPSA) is 68.6 Å². The maximum atomic E-state index is 11.5. The number of nitrogens with zero attached hydrogens (tertiary/aromatic N) is 1. The Morgan fingerprint density at radius 2 is 1.81 bits per heavy atom. The first kappa shape index (κ1) is 25.7. The smallest absolute Gasteiger partial charge is 0.330 e. The number of carbonyl (C=O) groups is 1. The first-order valence-corrected chi connectivity index (χ1v) is 13.5. The zero-order valence-electron chi connectivity index (χ0n) is 19.4. The molecule has 0 unspecified atom stereocenters. The lowest BCUT2D eigenvalue weighted by Crippen LogP contribution is -2.50. The highest BCUT2D eigenvalue weighted by atomic mass is 79.9. The Bertz CT molecular complexity index is 1020. The van der Waals surface area contributed by atoms with Crippen LogP contribution in [0.15, 0.2) is 46.9 Å². The van der Waals surface area contributed by atoms with E-state index in [0.29, 0.717) is 28.1 Å². The highest BCUT2D eigenvalue weighted by Crippen LogP contribution is 2.39. The number of ether oxygens (including phenoxy) is 2. The maximum Gasteiger partial charge on any atom is 0.330 e. The van der Waals surface area contributed by atoms with Gasteiger partial charge in [0.05, 0.1) is 19.8 Å². The van der Waals surface area contributed by atoms with Crippen LogP contribution in [0.3, 0.4) is 0 Å². The van der Waals surface area contributed by atoms with E-state index in [4.69, 9.17) is 13.9 Å². The van der Waals surface area contributed by atoms with Crippen molar-refractivity contribution in [2.45, 2.75) is 44.8 Å². The summed E-state index contributed by atoms with van der Waals surface area (Å²) in [7, 11) is 0.505. The molecule has 0 radical (unpaired) electrons. The Morgan fingerprint density at radius 3 is 2.38 bits per heavy atom. The van der Waals surface area contributed by atoms with E-state index in [0.717, 1.165) is 21.6 Å². The molecule has 0 aromatic heterocycles. The molecule has 7 heteroatoms. The predicted octanol–water partition coefficient (Wildman–Crippen LogP) is 6.44. The lowest BCUT2D eigenvalue weighted by molar-refractivity contribution is -0.134. The van der Waals surface area contributed by atoms with E-state index < -0.39 is 14.3 Å². The fourth-order valence-electron chi connectivity index (χ4n) is 3.79. The van der Waals surface area contributed by atoms with Crippen LogP contribution in [-0.4, -0.2) is 28.5 Å². The number of hydrogen-bond acceptors (Lipinski definition) is 5. The molecule has 0 N–H and O–H groups in total. The highest BCUT2D eigenvalue weighted by molar-refractivity contribution is 9.10. The quantitative estimate of drug-likeness (QED) is 0.218. The molecule has 2 aromatic rings. The van der Waals surface area contributed by atoms with Gasteiger partial charge in [-0.2, -0.15) is 5.26 Å². The van der Waals surface area contributed by atoms with Crippen molar-refractivity contribution in [3.05, 3.63) is 63.6 Å². The lowest BCUT2D eigenvalue weighted by atomic mass is 10.1. The van der Waals surface area contributed by atoms with Crippen LogP contribution in [0.25, 0.3) is 6.08 Å². The first-order valence-electron chi connectivity index (χ1n) is 10.5. The molecule has 0 fully saturated rings. The molecule has 170 valence electrons. The minimum absolute atomic E-state index is 0.296. The summed E-state index contributed by atoms with van der Waals surface area (Å²) in [6.45, 7) is 8.77. The average molecular weight is 517 g/mol. The van der Waals surface area contributed by atoms with Gasteiger partial charge in [-0.1, -0.05) is 49.7 Å². The summed E-state index contributed by atoms with van der Waals surface area (Å²) < 4.78 is 17.7. The third kappa shape index (κ3) is 6.24. The fraction of sp³-hybridized carbons (Fsp3) is 0.360. The van der Waals surface area contributed by atoms with E-state index in [2.05, 4.69) is 61.8 Å². The minimum Gasteiger partial charge on any atom is -0.542 e. The van der Waals surface area contributed by atoms with Crippen LogP contribution in [0.2, 0.25) is 11.1 Å². The maximum absolute atomic E-state index is 11.5. The summed E-state index contributed by atoms with van der Waals surface area (Å²) in [6, 6.07) is 14.5. The van der Waals surface area contributed by atoms with Crippen molar-refractivity contribution in [2.24, 2.45) is 0 Å². The van der Waals surface area contributed by atoms with Crippen LogP contribution in [0.5, 0.6) is 11.5 Å². The van der Waals surface area contributed by atoms with Gasteiger partial charge in [-0.05, 0) is 52.6 Å². The van der Waals surface area contributed by atoms with Crippen LogP contribution >= 0.6 is 15.9 Å². The second-order valence-electron chi connectivity index (χ2n) is 8.27. The van der Waals surface area contributed by atoms with Crippen LogP contribution in [0.4, 0.5) is 0 Å². The van der Waals surface area contributed by atoms with Gasteiger partial charge in [0.2, 0.25) is 0 Å². The number of carbonyl (C=O) groups excluding carboxylic acids is 1. The van der Waals surface area contributed by atoms with Gasteiger partial charge >= 0.3 is 5.97 Å². The number of methoxy groups -OCH3 is 2. The van der Waals surface area contributed by atoms with Gasteiger partial charge < -0.3 is 13.9 Å². The number of rotatable bonds is 9. The van der Waals surface area contributed by atoms with Crippen molar-refractivity contribution in [3.8, 4) is 17.6 Å². The number of benzene rings is 2. The molecule has 0 atom stereocenters. The van der Waals surface area contributed by atoms with Gasteiger partial charge in [0.25, 0.3) is 8.32 Å². The third-order valence-corrected chi connectivity index (χ3v) is 11.6. The van der Waals surface area contributed by atoms with Gasteiger partial charge in [-0.25, -0.2) is 4.79 Å². The molecular formula is C25H30BrNO4Si. The van der Waals surface area contributed by atoms with Gasteiger partial charge in [-0.3, -0.25) is 0 Å². The molecule has 0 bridgehead atoms. The Balaban J connectivity index is 2.49. The van der Waals surface area contributed by atoms with E-state index in [1.807, 2.05) is 18.2 Å².